The Kier molecular flexibility index (Phi) is 5.19. The fourth-order valence-corrected chi connectivity index (χ4v) is 2.39. The molecule has 8 heteroatoms. The third kappa shape index (κ3) is 4.20. The molecule has 0 radical (unpaired) electrons. The van der Waals surface area contributed by atoms with Gasteiger partial charge in [-0.05, 0) is 24.3 Å². The monoisotopic (exact) mass is 371 g/mol. The minimum Gasteiger partial charge on any atom is -0.454 e. The lowest BCUT2D eigenvalue weighted by atomic mass is 10.2. The van der Waals surface area contributed by atoms with Crippen molar-refractivity contribution in [2.75, 3.05) is 5.32 Å². The number of para-hydroxylation sites is 3. The van der Waals surface area contributed by atoms with E-state index >= 15 is 0 Å². The second kappa shape index (κ2) is 7.71. The fourth-order valence-electron chi connectivity index (χ4n) is 2.22. The molecule has 1 aromatic heterocycles. The number of halogens is 1. The molecule has 0 atom stereocenters. The average Bonchev–Trinajstić information content (AvgIpc) is 2.61. The van der Waals surface area contributed by atoms with E-state index in [4.69, 9.17) is 16.3 Å². The number of amides is 1. The standard InChI is InChI=1S/C18H14ClN3O4/c19-12-5-1-3-7-14(12)26-15-8-4-2-6-13(15)20-17(24)11-22-10-9-16(23)21-18(22)25/h1-10H,11H2,(H,20,24)(H,21,23,25). The van der Waals surface area contributed by atoms with Crippen LogP contribution in [0.1, 0.15) is 0 Å². The van der Waals surface area contributed by atoms with Gasteiger partial charge in [-0.1, -0.05) is 35.9 Å². The number of aromatic nitrogens is 2. The van der Waals surface area contributed by atoms with E-state index in [1.165, 1.54) is 12.3 Å². The molecule has 0 saturated carbocycles. The smallest absolute Gasteiger partial charge is 0.328 e. The van der Waals surface area contributed by atoms with Gasteiger partial charge >= 0.3 is 5.69 Å². The lowest BCUT2D eigenvalue weighted by molar-refractivity contribution is -0.116. The number of hydrogen-bond acceptors (Lipinski definition) is 4. The van der Waals surface area contributed by atoms with E-state index in [1.807, 2.05) is 0 Å². The molecule has 0 spiro atoms. The molecule has 0 aliphatic carbocycles. The quantitative estimate of drug-likeness (QED) is 0.721. The van der Waals surface area contributed by atoms with Gasteiger partial charge in [0.25, 0.3) is 5.56 Å². The molecule has 1 heterocycles. The summed E-state index contributed by atoms with van der Waals surface area (Å²) in [5.41, 5.74) is -0.756. The molecule has 0 unspecified atom stereocenters. The van der Waals surface area contributed by atoms with Crippen molar-refractivity contribution in [3.05, 3.63) is 86.7 Å². The summed E-state index contributed by atoms with van der Waals surface area (Å²) in [5, 5.41) is 3.12. The Morgan fingerprint density at radius 1 is 1.04 bits per heavy atom. The normalized spacial score (nSPS) is 10.3. The Bertz CT molecular complexity index is 1060. The number of rotatable bonds is 5. The van der Waals surface area contributed by atoms with Crippen LogP contribution in [0.25, 0.3) is 0 Å². The van der Waals surface area contributed by atoms with Gasteiger partial charge in [0.05, 0.1) is 10.7 Å². The van der Waals surface area contributed by atoms with Gasteiger partial charge in [0, 0.05) is 12.3 Å². The zero-order valence-electron chi connectivity index (χ0n) is 13.4. The molecule has 0 aliphatic rings. The van der Waals surface area contributed by atoms with Crippen molar-refractivity contribution >= 4 is 23.2 Å². The van der Waals surface area contributed by atoms with Crippen molar-refractivity contribution < 1.29 is 9.53 Å². The van der Waals surface area contributed by atoms with Gasteiger partial charge in [0.2, 0.25) is 5.91 Å². The van der Waals surface area contributed by atoms with Crippen LogP contribution in [0.5, 0.6) is 11.5 Å². The zero-order valence-corrected chi connectivity index (χ0v) is 14.2. The second-order valence-corrected chi connectivity index (χ2v) is 5.72. The first-order valence-electron chi connectivity index (χ1n) is 7.64. The minimum atomic E-state index is -0.659. The highest BCUT2D eigenvalue weighted by Crippen LogP contribution is 2.33. The third-order valence-corrected chi connectivity index (χ3v) is 3.74. The summed E-state index contributed by atoms with van der Waals surface area (Å²) in [6.07, 6.45) is 1.26. The topological polar surface area (TPSA) is 93.2 Å². The summed E-state index contributed by atoms with van der Waals surface area (Å²) in [6.45, 7) is -0.254. The highest BCUT2D eigenvalue weighted by Gasteiger charge is 2.11. The molecular weight excluding hydrogens is 358 g/mol. The van der Waals surface area contributed by atoms with Gasteiger partial charge in [-0.3, -0.25) is 19.1 Å². The van der Waals surface area contributed by atoms with E-state index in [1.54, 1.807) is 48.5 Å². The molecule has 0 saturated heterocycles. The van der Waals surface area contributed by atoms with E-state index < -0.39 is 17.2 Å². The largest absolute Gasteiger partial charge is 0.454 e. The van der Waals surface area contributed by atoms with Crippen LogP contribution in [0.4, 0.5) is 5.69 Å². The minimum absolute atomic E-state index is 0.254. The van der Waals surface area contributed by atoms with Crippen LogP contribution in [0.2, 0.25) is 5.02 Å². The number of carbonyl (C=O) groups is 1. The summed E-state index contributed by atoms with van der Waals surface area (Å²) in [7, 11) is 0. The average molecular weight is 372 g/mol. The van der Waals surface area contributed by atoms with Crippen LogP contribution in [0, 0.1) is 0 Å². The lowest BCUT2D eigenvalue weighted by Gasteiger charge is -2.13. The highest BCUT2D eigenvalue weighted by molar-refractivity contribution is 6.32. The van der Waals surface area contributed by atoms with Gasteiger partial charge in [-0.2, -0.15) is 0 Å². The molecule has 3 rings (SSSR count). The summed E-state index contributed by atoms with van der Waals surface area (Å²) in [4.78, 5) is 37.1. The van der Waals surface area contributed by atoms with Crippen molar-refractivity contribution in [2.45, 2.75) is 6.54 Å². The SMILES string of the molecule is O=C(Cn1ccc(=O)[nH]c1=O)Nc1ccccc1Oc1ccccc1Cl. The molecule has 132 valence electrons. The van der Waals surface area contributed by atoms with Crippen LogP contribution in [0.3, 0.4) is 0 Å². The summed E-state index contributed by atoms with van der Waals surface area (Å²) in [6, 6.07) is 15.0. The Balaban J connectivity index is 1.77. The summed E-state index contributed by atoms with van der Waals surface area (Å²) >= 11 is 6.09. The molecule has 0 aliphatic heterocycles. The van der Waals surface area contributed by atoms with E-state index in [0.717, 1.165) is 4.57 Å². The lowest BCUT2D eigenvalue weighted by Crippen LogP contribution is -2.32. The van der Waals surface area contributed by atoms with Gasteiger partial charge in [0.1, 0.15) is 12.3 Å². The van der Waals surface area contributed by atoms with Gasteiger partial charge in [-0.25, -0.2) is 4.79 Å². The van der Waals surface area contributed by atoms with E-state index in [-0.39, 0.29) is 6.54 Å². The van der Waals surface area contributed by atoms with Crippen LogP contribution < -0.4 is 21.3 Å². The van der Waals surface area contributed by atoms with Crippen LogP contribution in [0.15, 0.2) is 70.4 Å². The van der Waals surface area contributed by atoms with Crippen LogP contribution in [-0.2, 0) is 11.3 Å². The van der Waals surface area contributed by atoms with E-state index in [9.17, 15) is 14.4 Å². The molecule has 3 aromatic rings. The first-order chi connectivity index (χ1) is 12.5. The number of hydrogen-bond donors (Lipinski definition) is 2. The number of ether oxygens (including phenoxy) is 1. The van der Waals surface area contributed by atoms with Crippen molar-refractivity contribution in [1.82, 2.24) is 9.55 Å². The molecule has 1 amide bonds. The molecule has 0 bridgehead atoms. The number of benzene rings is 2. The van der Waals surface area contributed by atoms with Gasteiger partial charge in [0.15, 0.2) is 5.75 Å². The van der Waals surface area contributed by atoms with Crippen LogP contribution in [-0.4, -0.2) is 15.5 Å². The number of carbonyl (C=O) groups excluding carboxylic acids is 1. The molecule has 2 aromatic carbocycles. The number of H-pyrrole nitrogens is 1. The van der Waals surface area contributed by atoms with Crippen LogP contribution >= 0.6 is 11.6 Å². The Hall–Kier alpha value is -3.32. The predicted molar refractivity (Wildman–Crippen MR) is 97.9 cm³/mol. The van der Waals surface area contributed by atoms with Crippen molar-refractivity contribution in [3.63, 3.8) is 0 Å². The molecule has 26 heavy (non-hydrogen) atoms. The maximum atomic E-state index is 12.2. The molecular formula is C18H14ClN3O4. The van der Waals surface area contributed by atoms with Crippen molar-refractivity contribution in [3.8, 4) is 11.5 Å². The number of nitrogens with one attached hydrogen (secondary N) is 2. The zero-order chi connectivity index (χ0) is 18.5. The third-order valence-electron chi connectivity index (χ3n) is 3.43. The maximum Gasteiger partial charge on any atom is 0.328 e. The summed E-state index contributed by atoms with van der Waals surface area (Å²) in [5.74, 6) is 0.407. The highest BCUT2D eigenvalue weighted by atomic mass is 35.5. The second-order valence-electron chi connectivity index (χ2n) is 5.31. The number of nitrogens with zero attached hydrogens (tertiary/aromatic N) is 1. The molecule has 0 fully saturated rings. The first-order valence-corrected chi connectivity index (χ1v) is 8.02. The number of anilines is 1. The van der Waals surface area contributed by atoms with Gasteiger partial charge < -0.3 is 10.1 Å². The predicted octanol–water partition coefficient (Wildman–Crippen LogP) is 2.62. The molecule has 2 N–H and O–H groups in total. The van der Waals surface area contributed by atoms with Gasteiger partial charge in [-0.15, -0.1) is 0 Å². The van der Waals surface area contributed by atoms with Crippen molar-refractivity contribution in [1.29, 1.82) is 0 Å². The first kappa shape index (κ1) is 17.5. The Labute approximate surface area is 152 Å². The van der Waals surface area contributed by atoms with E-state index in [2.05, 4.69) is 10.3 Å². The Morgan fingerprint density at radius 2 is 1.73 bits per heavy atom. The van der Waals surface area contributed by atoms with Crippen molar-refractivity contribution in [2.24, 2.45) is 0 Å². The van der Waals surface area contributed by atoms with E-state index in [0.29, 0.717) is 22.2 Å². The summed E-state index contributed by atoms with van der Waals surface area (Å²) < 4.78 is 6.86. The Morgan fingerprint density at radius 3 is 2.46 bits per heavy atom. The number of aromatic amines is 1. The maximum absolute atomic E-state index is 12.2. The fraction of sp³-hybridized carbons (Fsp3) is 0.0556. The molecule has 7 nitrogen and oxygen atoms in total.